The van der Waals surface area contributed by atoms with Crippen molar-refractivity contribution in [1.29, 1.82) is 0 Å². The molecule has 1 atom stereocenters. The van der Waals surface area contributed by atoms with Crippen LogP contribution < -0.4 is 5.73 Å². The Kier molecular flexibility index (Phi) is 5.04. The van der Waals surface area contributed by atoms with Crippen LogP contribution in [0.15, 0.2) is 22.6 Å². The lowest BCUT2D eigenvalue weighted by Crippen LogP contribution is -2.17. The zero-order valence-corrected chi connectivity index (χ0v) is 10.2. The maximum Gasteiger partial charge on any atom is 0.191 e. The summed E-state index contributed by atoms with van der Waals surface area (Å²) in [5.41, 5.74) is 5.96. The van der Waals surface area contributed by atoms with Crippen LogP contribution in [-0.4, -0.2) is 26.8 Å². The number of nitrogens with two attached hydrogens (primary N) is 1. The number of hydrogen-bond donors (Lipinski definition) is 2. The minimum atomic E-state index is -0.000230. The molecule has 5 nitrogen and oxygen atoms in total. The molecule has 0 radical (unpaired) electrons. The van der Waals surface area contributed by atoms with Crippen LogP contribution in [0.4, 0.5) is 0 Å². The highest BCUT2D eigenvalue weighted by molar-refractivity contribution is 7.99. The summed E-state index contributed by atoms with van der Waals surface area (Å²) in [4.78, 5) is 8.24. The van der Waals surface area contributed by atoms with E-state index in [4.69, 9.17) is 10.9 Å². The monoisotopic (exact) mass is 240 g/mol. The fourth-order valence-electron chi connectivity index (χ4n) is 0.993. The molecule has 0 bridgehead atoms. The fraction of sp³-hybridized carbons (Fsp3) is 0.500. The third-order valence-corrected chi connectivity index (χ3v) is 3.52. The van der Waals surface area contributed by atoms with Crippen molar-refractivity contribution in [2.75, 3.05) is 5.75 Å². The molecule has 0 fully saturated rings. The van der Waals surface area contributed by atoms with Gasteiger partial charge >= 0.3 is 0 Å². The molecule has 0 saturated heterocycles. The smallest absolute Gasteiger partial charge is 0.191 e. The maximum absolute atomic E-state index is 8.62. The van der Waals surface area contributed by atoms with Crippen LogP contribution in [-0.2, 0) is 0 Å². The van der Waals surface area contributed by atoms with E-state index in [2.05, 4.69) is 29.0 Å². The first kappa shape index (κ1) is 12.8. The van der Waals surface area contributed by atoms with Crippen molar-refractivity contribution in [3.8, 4) is 0 Å². The molecule has 6 heteroatoms. The molecule has 0 aliphatic heterocycles. The van der Waals surface area contributed by atoms with E-state index < -0.39 is 0 Å². The van der Waals surface area contributed by atoms with Gasteiger partial charge in [0.2, 0.25) is 0 Å². The van der Waals surface area contributed by atoms with Gasteiger partial charge in [-0.25, -0.2) is 9.97 Å². The van der Waals surface area contributed by atoms with Crippen LogP contribution in [0.25, 0.3) is 0 Å². The highest BCUT2D eigenvalue weighted by Crippen LogP contribution is 2.21. The molecule has 3 N–H and O–H groups in total. The van der Waals surface area contributed by atoms with Crippen molar-refractivity contribution >= 4 is 17.6 Å². The van der Waals surface area contributed by atoms with Crippen molar-refractivity contribution in [2.24, 2.45) is 16.8 Å². The zero-order chi connectivity index (χ0) is 12.0. The van der Waals surface area contributed by atoms with Gasteiger partial charge in [0.15, 0.2) is 5.84 Å². The van der Waals surface area contributed by atoms with Crippen LogP contribution in [0, 0.1) is 5.92 Å². The summed E-state index contributed by atoms with van der Waals surface area (Å²) in [5.74, 6) is 1.55. The lowest BCUT2D eigenvalue weighted by molar-refractivity contribution is 0.318. The predicted molar refractivity (Wildman–Crippen MR) is 64.7 cm³/mol. The van der Waals surface area contributed by atoms with Crippen molar-refractivity contribution in [3.05, 3.63) is 18.1 Å². The number of oxime groups is 1. The number of nitrogens with zero attached hydrogens (tertiary/aromatic N) is 3. The molecule has 0 amide bonds. The number of thioether (sulfide) groups is 1. The molecule has 1 unspecified atom stereocenters. The second kappa shape index (κ2) is 6.32. The van der Waals surface area contributed by atoms with E-state index in [0.29, 0.717) is 16.6 Å². The molecule has 88 valence electrons. The highest BCUT2D eigenvalue weighted by Gasteiger charge is 2.11. The quantitative estimate of drug-likeness (QED) is 0.269. The lowest BCUT2D eigenvalue weighted by atomic mass is 10.2. The molecule has 0 aliphatic rings. The largest absolute Gasteiger partial charge is 0.409 e. The molecular formula is C10H16N4OS. The molecule has 1 aromatic heterocycles. The molecule has 1 heterocycles. The standard InChI is InChI=1S/C10H16N4OS/c1-3-7(2)6-16-10-8(9(11)14-15)12-4-5-13-10/h4-5,7,15H,3,6H2,1-2H3,(H2,11,14). The van der Waals surface area contributed by atoms with Gasteiger partial charge < -0.3 is 10.9 Å². The SMILES string of the molecule is CCC(C)CSc1nccnc1C(N)=NO. The van der Waals surface area contributed by atoms with E-state index >= 15 is 0 Å². The van der Waals surface area contributed by atoms with Gasteiger partial charge in [0.1, 0.15) is 10.7 Å². The molecular weight excluding hydrogens is 224 g/mol. The molecule has 0 aromatic carbocycles. The van der Waals surface area contributed by atoms with E-state index in [1.54, 1.807) is 18.0 Å². The number of amidine groups is 1. The van der Waals surface area contributed by atoms with Gasteiger partial charge in [0.25, 0.3) is 0 Å². The summed E-state index contributed by atoms with van der Waals surface area (Å²) in [7, 11) is 0. The van der Waals surface area contributed by atoms with Crippen molar-refractivity contribution in [1.82, 2.24) is 9.97 Å². The predicted octanol–water partition coefficient (Wildman–Crippen LogP) is 1.71. The van der Waals surface area contributed by atoms with Crippen LogP contribution in [0.5, 0.6) is 0 Å². The Labute approximate surface area is 99.2 Å². The molecule has 0 aliphatic carbocycles. The first-order valence-electron chi connectivity index (χ1n) is 5.10. The Balaban J connectivity index is 2.79. The Morgan fingerprint density at radius 2 is 2.25 bits per heavy atom. The van der Waals surface area contributed by atoms with Gasteiger partial charge in [-0.05, 0) is 5.92 Å². The second-order valence-electron chi connectivity index (χ2n) is 3.52. The van der Waals surface area contributed by atoms with E-state index in [1.165, 1.54) is 6.20 Å². The summed E-state index contributed by atoms with van der Waals surface area (Å²) in [6.07, 6.45) is 4.25. The summed E-state index contributed by atoms with van der Waals surface area (Å²) in [6.45, 7) is 4.32. The average molecular weight is 240 g/mol. The molecule has 1 aromatic rings. The normalized spacial score (nSPS) is 13.8. The topological polar surface area (TPSA) is 84.4 Å². The summed E-state index contributed by atoms with van der Waals surface area (Å²) < 4.78 is 0. The Morgan fingerprint density at radius 1 is 1.56 bits per heavy atom. The fourth-order valence-corrected chi connectivity index (χ4v) is 2.10. The Morgan fingerprint density at radius 3 is 2.88 bits per heavy atom. The third-order valence-electron chi connectivity index (χ3n) is 2.22. The van der Waals surface area contributed by atoms with Crippen molar-refractivity contribution in [3.63, 3.8) is 0 Å². The first-order chi connectivity index (χ1) is 7.69. The number of aromatic nitrogens is 2. The van der Waals surface area contributed by atoms with Gasteiger partial charge in [0, 0.05) is 18.1 Å². The second-order valence-corrected chi connectivity index (χ2v) is 4.53. The van der Waals surface area contributed by atoms with E-state index in [0.717, 1.165) is 12.2 Å². The maximum atomic E-state index is 8.62. The summed E-state index contributed by atoms with van der Waals surface area (Å²) in [5, 5.41) is 12.3. The summed E-state index contributed by atoms with van der Waals surface area (Å²) in [6, 6.07) is 0. The van der Waals surface area contributed by atoms with Crippen molar-refractivity contribution in [2.45, 2.75) is 25.3 Å². The van der Waals surface area contributed by atoms with Gasteiger partial charge in [-0.3, -0.25) is 0 Å². The van der Waals surface area contributed by atoms with E-state index in [-0.39, 0.29) is 5.84 Å². The van der Waals surface area contributed by atoms with Gasteiger partial charge in [-0.2, -0.15) is 0 Å². The van der Waals surface area contributed by atoms with Crippen molar-refractivity contribution < 1.29 is 5.21 Å². The van der Waals surface area contributed by atoms with Crippen LogP contribution in [0.2, 0.25) is 0 Å². The summed E-state index contributed by atoms with van der Waals surface area (Å²) >= 11 is 1.58. The average Bonchev–Trinajstić information content (AvgIpc) is 2.35. The molecule has 1 rings (SSSR count). The van der Waals surface area contributed by atoms with Crippen LogP contribution >= 0.6 is 11.8 Å². The Hall–Kier alpha value is -1.30. The van der Waals surface area contributed by atoms with Crippen LogP contribution in [0.3, 0.4) is 0 Å². The third kappa shape index (κ3) is 3.37. The minimum absolute atomic E-state index is 0.000230. The van der Waals surface area contributed by atoms with Gasteiger partial charge in [-0.15, -0.1) is 11.8 Å². The van der Waals surface area contributed by atoms with Gasteiger partial charge in [-0.1, -0.05) is 25.4 Å². The molecule has 16 heavy (non-hydrogen) atoms. The molecule has 0 saturated carbocycles. The zero-order valence-electron chi connectivity index (χ0n) is 9.42. The Bertz CT molecular complexity index is 370. The number of rotatable bonds is 5. The lowest BCUT2D eigenvalue weighted by Gasteiger charge is -2.09. The molecule has 0 spiro atoms. The van der Waals surface area contributed by atoms with E-state index in [9.17, 15) is 0 Å². The first-order valence-corrected chi connectivity index (χ1v) is 6.09. The van der Waals surface area contributed by atoms with E-state index in [1.807, 2.05) is 0 Å². The highest BCUT2D eigenvalue weighted by atomic mass is 32.2. The minimum Gasteiger partial charge on any atom is -0.409 e. The number of hydrogen-bond acceptors (Lipinski definition) is 5. The van der Waals surface area contributed by atoms with Gasteiger partial charge in [0.05, 0.1) is 0 Å². The van der Waals surface area contributed by atoms with Crippen LogP contribution in [0.1, 0.15) is 26.0 Å².